The SMILES string of the molecule is CN(c1cccc2cc(-c3ncc(CN4CCC(S(C)(=O)=O)C4)s3)[nH]c12)S(=O)(=O)c1cccs1. The quantitative estimate of drug-likeness (QED) is 0.385. The number of thiophene rings is 1. The van der Waals surface area contributed by atoms with Crippen molar-refractivity contribution in [1.82, 2.24) is 14.9 Å². The molecule has 0 amide bonds. The topological polar surface area (TPSA) is 103 Å². The van der Waals surface area contributed by atoms with E-state index in [4.69, 9.17) is 0 Å². The van der Waals surface area contributed by atoms with E-state index < -0.39 is 19.9 Å². The molecule has 180 valence electrons. The molecule has 1 atom stereocenters. The number of nitrogens with one attached hydrogen (secondary N) is 1. The van der Waals surface area contributed by atoms with E-state index in [1.807, 2.05) is 24.4 Å². The molecule has 1 saturated heterocycles. The van der Waals surface area contributed by atoms with Crippen LogP contribution in [0.4, 0.5) is 5.69 Å². The van der Waals surface area contributed by atoms with Crippen LogP contribution in [0.5, 0.6) is 0 Å². The van der Waals surface area contributed by atoms with Gasteiger partial charge in [-0.05, 0) is 36.5 Å². The lowest BCUT2D eigenvalue weighted by atomic mass is 10.2. The molecule has 0 bridgehead atoms. The van der Waals surface area contributed by atoms with E-state index in [0.29, 0.717) is 29.4 Å². The average Bonchev–Trinajstić information content (AvgIpc) is 3.58. The number of hydrogen-bond acceptors (Lipinski definition) is 8. The second-order valence-electron chi connectivity index (χ2n) is 8.44. The Labute approximate surface area is 206 Å². The Morgan fingerprint density at radius 2 is 2.03 bits per heavy atom. The predicted molar refractivity (Wildman–Crippen MR) is 138 cm³/mol. The molecule has 1 aromatic carbocycles. The smallest absolute Gasteiger partial charge is 0.273 e. The monoisotopic (exact) mass is 536 g/mol. The number of rotatable bonds is 7. The molecule has 4 heterocycles. The summed E-state index contributed by atoms with van der Waals surface area (Å²) in [5, 5.41) is 3.15. The largest absolute Gasteiger partial charge is 0.351 e. The van der Waals surface area contributed by atoms with Crippen molar-refractivity contribution in [2.24, 2.45) is 0 Å². The molecule has 1 N–H and O–H groups in total. The fraction of sp³-hybridized carbons (Fsp3) is 0.318. The standard InChI is InChI=1S/C22H24N4O4S4/c1-25(34(29,30)20-7-4-10-31-20)19-6-3-5-15-11-18(24-21(15)19)22-23-12-16(32-22)13-26-9-8-17(14-26)33(2,27)28/h3-7,10-12,17,24H,8-9,13-14H2,1-2H3. The molecule has 12 heteroatoms. The number of H-pyrrole nitrogens is 1. The van der Waals surface area contributed by atoms with Gasteiger partial charge in [0.25, 0.3) is 10.0 Å². The number of aromatic nitrogens is 2. The number of anilines is 1. The molecule has 1 aliphatic rings. The first-order valence-electron chi connectivity index (χ1n) is 10.6. The van der Waals surface area contributed by atoms with Crippen molar-refractivity contribution < 1.29 is 16.8 Å². The first kappa shape index (κ1) is 23.5. The molecule has 1 unspecified atom stereocenters. The maximum Gasteiger partial charge on any atom is 0.273 e. The van der Waals surface area contributed by atoms with E-state index in [1.165, 1.54) is 21.9 Å². The lowest BCUT2D eigenvalue weighted by Gasteiger charge is -2.19. The van der Waals surface area contributed by atoms with Crippen molar-refractivity contribution in [3.63, 3.8) is 0 Å². The predicted octanol–water partition coefficient (Wildman–Crippen LogP) is 3.80. The van der Waals surface area contributed by atoms with Gasteiger partial charge in [-0.1, -0.05) is 18.2 Å². The zero-order valence-electron chi connectivity index (χ0n) is 18.6. The van der Waals surface area contributed by atoms with Gasteiger partial charge in [-0.2, -0.15) is 0 Å². The third kappa shape index (κ3) is 4.40. The number of para-hydroxylation sites is 1. The highest BCUT2D eigenvalue weighted by atomic mass is 32.2. The second-order valence-corrected chi connectivity index (χ2v) is 15.0. The minimum absolute atomic E-state index is 0.295. The summed E-state index contributed by atoms with van der Waals surface area (Å²) in [5.41, 5.74) is 2.11. The number of sulfone groups is 1. The van der Waals surface area contributed by atoms with Gasteiger partial charge < -0.3 is 4.98 Å². The van der Waals surface area contributed by atoms with Crippen LogP contribution in [-0.2, 0) is 26.4 Å². The number of aromatic amines is 1. The average molecular weight is 537 g/mol. The summed E-state index contributed by atoms with van der Waals surface area (Å²) in [6.07, 6.45) is 3.80. The summed E-state index contributed by atoms with van der Waals surface area (Å²) >= 11 is 2.74. The highest BCUT2D eigenvalue weighted by Gasteiger charge is 2.30. The van der Waals surface area contributed by atoms with Crippen LogP contribution in [0.1, 0.15) is 11.3 Å². The molecule has 1 fully saturated rings. The van der Waals surface area contributed by atoms with Crippen LogP contribution in [0.15, 0.2) is 52.2 Å². The second kappa shape index (κ2) is 8.76. The van der Waals surface area contributed by atoms with Gasteiger partial charge in [-0.3, -0.25) is 9.21 Å². The molecule has 0 radical (unpaired) electrons. The Bertz CT molecular complexity index is 1540. The Balaban J connectivity index is 1.40. The summed E-state index contributed by atoms with van der Waals surface area (Å²) in [6.45, 7) is 1.97. The van der Waals surface area contributed by atoms with E-state index in [1.54, 1.807) is 42.0 Å². The van der Waals surface area contributed by atoms with Gasteiger partial charge in [0.1, 0.15) is 9.22 Å². The van der Waals surface area contributed by atoms with Crippen LogP contribution in [0.3, 0.4) is 0 Å². The van der Waals surface area contributed by atoms with Crippen LogP contribution in [0.25, 0.3) is 21.6 Å². The van der Waals surface area contributed by atoms with E-state index in [-0.39, 0.29) is 5.25 Å². The van der Waals surface area contributed by atoms with Crippen LogP contribution in [0, 0.1) is 0 Å². The van der Waals surface area contributed by atoms with E-state index in [2.05, 4.69) is 14.9 Å². The van der Waals surface area contributed by atoms with E-state index in [0.717, 1.165) is 33.0 Å². The molecule has 8 nitrogen and oxygen atoms in total. The molecule has 5 rings (SSSR count). The molecular formula is C22H24N4O4S4. The number of benzene rings is 1. The highest BCUT2D eigenvalue weighted by molar-refractivity contribution is 7.94. The molecule has 0 aliphatic carbocycles. The zero-order valence-corrected chi connectivity index (χ0v) is 21.9. The van der Waals surface area contributed by atoms with Gasteiger partial charge in [0.15, 0.2) is 9.84 Å². The molecule has 0 spiro atoms. The first-order chi connectivity index (χ1) is 16.1. The van der Waals surface area contributed by atoms with Crippen LogP contribution in [0.2, 0.25) is 0 Å². The van der Waals surface area contributed by atoms with Crippen LogP contribution >= 0.6 is 22.7 Å². The summed E-state index contributed by atoms with van der Waals surface area (Å²) < 4.78 is 51.3. The number of thiazole rings is 1. The number of nitrogens with zero attached hydrogens (tertiary/aromatic N) is 3. The third-order valence-corrected chi connectivity index (χ3v) is 11.8. The molecule has 0 saturated carbocycles. The summed E-state index contributed by atoms with van der Waals surface area (Å²) in [7, 11) is -5.11. The normalized spacial score (nSPS) is 17.5. The highest BCUT2D eigenvalue weighted by Crippen LogP contribution is 2.35. The Hall–Kier alpha value is -2.25. The fourth-order valence-corrected chi connectivity index (χ4v) is 8.52. The molecule has 34 heavy (non-hydrogen) atoms. The summed E-state index contributed by atoms with van der Waals surface area (Å²) in [5.74, 6) is 0. The minimum Gasteiger partial charge on any atom is -0.351 e. The number of hydrogen-bond donors (Lipinski definition) is 1. The van der Waals surface area contributed by atoms with Crippen molar-refractivity contribution in [3.05, 3.63) is 52.9 Å². The van der Waals surface area contributed by atoms with Crippen molar-refractivity contribution in [3.8, 4) is 10.7 Å². The third-order valence-electron chi connectivity index (χ3n) is 6.08. The van der Waals surface area contributed by atoms with Crippen molar-refractivity contribution >= 4 is 59.1 Å². The van der Waals surface area contributed by atoms with Crippen LogP contribution in [-0.4, -0.2) is 63.3 Å². The minimum atomic E-state index is -3.65. The number of sulfonamides is 1. The van der Waals surface area contributed by atoms with E-state index in [9.17, 15) is 16.8 Å². The van der Waals surface area contributed by atoms with Crippen LogP contribution < -0.4 is 4.31 Å². The van der Waals surface area contributed by atoms with E-state index >= 15 is 0 Å². The molecular weight excluding hydrogens is 513 g/mol. The van der Waals surface area contributed by atoms with Crippen molar-refractivity contribution in [1.29, 1.82) is 0 Å². The maximum absolute atomic E-state index is 13.0. The zero-order chi connectivity index (χ0) is 24.1. The Kier molecular flexibility index (Phi) is 6.05. The summed E-state index contributed by atoms with van der Waals surface area (Å²) in [4.78, 5) is 11.1. The Morgan fingerprint density at radius 3 is 2.74 bits per heavy atom. The molecule has 1 aliphatic heterocycles. The van der Waals surface area contributed by atoms with Gasteiger partial charge in [0.2, 0.25) is 0 Å². The van der Waals surface area contributed by atoms with Gasteiger partial charge in [-0.25, -0.2) is 21.8 Å². The maximum atomic E-state index is 13.0. The lowest BCUT2D eigenvalue weighted by molar-refractivity contribution is 0.334. The van der Waals surface area contributed by atoms with Crippen molar-refractivity contribution in [2.75, 3.05) is 30.7 Å². The Morgan fingerprint density at radius 1 is 1.21 bits per heavy atom. The first-order valence-corrected chi connectivity index (χ1v) is 15.7. The van der Waals surface area contributed by atoms with Gasteiger partial charge in [-0.15, -0.1) is 22.7 Å². The van der Waals surface area contributed by atoms with Gasteiger partial charge in [0, 0.05) is 42.9 Å². The summed E-state index contributed by atoms with van der Waals surface area (Å²) in [6, 6.07) is 10.9. The van der Waals surface area contributed by atoms with Crippen molar-refractivity contribution in [2.45, 2.75) is 22.4 Å². The lowest BCUT2D eigenvalue weighted by Crippen LogP contribution is -2.26. The molecule has 4 aromatic rings. The number of likely N-dealkylation sites (tertiary alicyclic amines) is 1. The van der Waals surface area contributed by atoms with Gasteiger partial charge >= 0.3 is 0 Å². The van der Waals surface area contributed by atoms with Gasteiger partial charge in [0.05, 0.1) is 22.1 Å². The fourth-order valence-electron chi connectivity index (χ4n) is 4.21. The number of fused-ring (bicyclic) bond motifs is 1. The molecule has 3 aromatic heterocycles.